The Balaban J connectivity index is 1.45. The number of ether oxygens (including phenoxy) is 1. The predicted octanol–water partition coefficient (Wildman–Crippen LogP) is 10.3. The van der Waals surface area contributed by atoms with Crippen LogP contribution in [0.3, 0.4) is 0 Å². The highest BCUT2D eigenvalue weighted by molar-refractivity contribution is 6.35. The first-order valence-electron chi connectivity index (χ1n) is 12.7. The number of benzene rings is 4. The number of fused-ring (bicyclic) bond motifs is 1. The fraction of sp³-hybridized carbons (Fsp3) is 0.0625. The van der Waals surface area contributed by atoms with Gasteiger partial charge in [-0.25, -0.2) is 9.67 Å². The molecule has 0 aliphatic heterocycles. The molecule has 0 saturated carbocycles. The lowest BCUT2D eigenvalue weighted by Gasteiger charge is -2.13. The zero-order valence-electron chi connectivity index (χ0n) is 21.5. The molecule has 0 saturated heterocycles. The smallest absolute Gasteiger partial charge is 0.417 e. The fourth-order valence-corrected chi connectivity index (χ4v) is 5.16. The van der Waals surface area contributed by atoms with Crippen LogP contribution in [-0.4, -0.2) is 14.8 Å². The largest absolute Gasteiger partial charge is 0.489 e. The lowest BCUT2D eigenvalue weighted by atomic mass is 10.0. The third kappa shape index (κ3) is 5.68. The highest BCUT2D eigenvalue weighted by Crippen LogP contribution is 2.42. The summed E-state index contributed by atoms with van der Waals surface area (Å²) >= 11 is 18.2. The predicted molar refractivity (Wildman–Crippen MR) is 161 cm³/mol. The third-order valence-corrected chi connectivity index (χ3v) is 7.46. The molecule has 0 atom stereocenters. The Kier molecular flexibility index (Phi) is 7.58. The molecule has 4 aromatic carbocycles. The monoisotopic (exact) mass is 623 g/mol. The molecule has 10 heteroatoms. The molecule has 0 fully saturated rings. The minimum absolute atomic E-state index is 0.0775. The summed E-state index contributed by atoms with van der Waals surface area (Å²) in [5.41, 5.74) is 1.82. The van der Waals surface area contributed by atoms with Gasteiger partial charge < -0.3 is 4.74 Å². The summed E-state index contributed by atoms with van der Waals surface area (Å²) in [6, 6.07) is 28.3. The van der Waals surface area contributed by atoms with Crippen LogP contribution in [0.4, 0.5) is 13.2 Å². The Labute approximate surface area is 253 Å². The summed E-state index contributed by atoms with van der Waals surface area (Å²) in [6.45, 7) is 0.196. The average molecular weight is 625 g/mol. The lowest BCUT2D eigenvalue weighted by Crippen LogP contribution is -2.08. The van der Waals surface area contributed by atoms with Gasteiger partial charge in [0.05, 0.1) is 22.3 Å². The summed E-state index contributed by atoms with van der Waals surface area (Å²) in [7, 11) is 0. The maximum atomic E-state index is 14.6. The molecule has 0 radical (unpaired) electrons. The molecule has 6 rings (SSSR count). The van der Waals surface area contributed by atoms with Gasteiger partial charge >= 0.3 is 6.18 Å². The number of aromatic nitrogens is 3. The molecular weight excluding hydrogens is 606 g/mol. The molecule has 0 bridgehead atoms. The minimum Gasteiger partial charge on any atom is -0.489 e. The van der Waals surface area contributed by atoms with Crippen LogP contribution in [0.2, 0.25) is 15.1 Å². The van der Waals surface area contributed by atoms with Crippen LogP contribution >= 0.6 is 34.8 Å². The standard InChI is InChI=1S/C32H19Cl3F3N3O/c33-22-11-6-20(7-12-22)30-29-26(32(36,37)38)17-28(39-31(29)41(40-30)24-4-2-1-3-5-24)19-9-14-25(15-10-19)42-18-21-8-13-23(34)16-27(21)35/h1-17H,18H2. The van der Waals surface area contributed by atoms with Crippen molar-refractivity contribution in [2.75, 3.05) is 0 Å². The molecule has 0 aliphatic carbocycles. The molecule has 0 spiro atoms. The molecular formula is C32H19Cl3F3N3O. The van der Waals surface area contributed by atoms with Gasteiger partial charge in [0.1, 0.15) is 18.1 Å². The van der Waals surface area contributed by atoms with Gasteiger partial charge in [0.15, 0.2) is 5.65 Å². The van der Waals surface area contributed by atoms with E-state index >= 15 is 0 Å². The lowest BCUT2D eigenvalue weighted by molar-refractivity contribution is -0.136. The van der Waals surface area contributed by atoms with Crippen molar-refractivity contribution in [3.8, 4) is 34.0 Å². The fourth-order valence-electron chi connectivity index (χ4n) is 4.57. The molecule has 2 heterocycles. The summed E-state index contributed by atoms with van der Waals surface area (Å²) in [6.07, 6.45) is -4.68. The SMILES string of the molecule is FC(F)(F)c1cc(-c2ccc(OCc3ccc(Cl)cc3Cl)cc2)nc2c1c(-c1ccc(Cl)cc1)nn2-c1ccccc1. The van der Waals surface area contributed by atoms with Crippen LogP contribution in [0.15, 0.2) is 103 Å². The highest BCUT2D eigenvalue weighted by atomic mass is 35.5. The van der Waals surface area contributed by atoms with Crippen LogP contribution in [0.25, 0.3) is 39.2 Å². The normalized spacial score (nSPS) is 11.7. The van der Waals surface area contributed by atoms with Gasteiger partial charge in [0, 0.05) is 31.8 Å². The van der Waals surface area contributed by atoms with Gasteiger partial charge in [-0.15, -0.1) is 0 Å². The Morgan fingerprint density at radius 2 is 1.40 bits per heavy atom. The summed E-state index contributed by atoms with van der Waals surface area (Å²) in [5.74, 6) is 0.515. The quantitative estimate of drug-likeness (QED) is 0.185. The Bertz CT molecular complexity index is 1890. The van der Waals surface area contributed by atoms with E-state index in [-0.39, 0.29) is 29.0 Å². The number of halogens is 6. The van der Waals surface area contributed by atoms with E-state index in [1.54, 1.807) is 91.0 Å². The van der Waals surface area contributed by atoms with E-state index in [9.17, 15) is 13.2 Å². The molecule has 42 heavy (non-hydrogen) atoms. The van der Waals surface area contributed by atoms with Crippen LogP contribution in [0.1, 0.15) is 11.1 Å². The second kappa shape index (κ2) is 11.3. The van der Waals surface area contributed by atoms with E-state index in [0.29, 0.717) is 37.6 Å². The highest BCUT2D eigenvalue weighted by Gasteiger charge is 2.36. The third-order valence-electron chi connectivity index (χ3n) is 6.62. The number of nitrogens with zero attached hydrogens (tertiary/aromatic N) is 3. The molecule has 0 aliphatic rings. The summed E-state index contributed by atoms with van der Waals surface area (Å²) in [4.78, 5) is 4.71. The Morgan fingerprint density at radius 1 is 0.738 bits per heavy atom. The number of alkyl halides is 3. The molecule has 2 aromatic heterocycles. The molecule has 0 amide bonds. The van der Waals surface area contributed by atoms with Crippen molar-refractivity contribution in [3.05, 3.63) is 129 Å². The maximum Gasteiger partial charge on any atom is 0.417 e. The minimum atomic E-state index is -4.68. The zero-order valence-corrected chi connectivity index (χ0v) is 23.8. The van der Waals surface area contributed by atoms with Crippen LogP contribution in [-0.2, 0) is 12.8 Å². The average Bonchev–Trinajstić information content (AvgIpc) is 3.36. The molecule has 210 valence electrons. The van der Waals surface area contributed by atoms with Gasteiger partial charge in [-0.2, -0.15) is 18.3 Å². The van der Waals surface area contributed by atoms with Gasteiger partial charge in [-0.3, -0.25) is 0 Å². The maximum absolute atomic E-state index is 14.6. The number of hydrogen-bond acceptors (Lipinski definition) is 3. The van der Waals surface area contributed by atoms with Crippen molar-refractivity contribution in [1.29, 1.82) is 0 Å². The van der Waals surface area contributed by atoms with Gasteiger partial charge in [0.25, 0.3) is 0 Å². The van der Waals surface area contributed by atoms with E-state index in [2.05, 4.69) is 5.10 Å². The molecule has 6 aromatic rings. The first-order chi connectivity index (χ1) is 20.2. The van der Waals surface area contributed by atoms with Gasteiger partial charge in [-0.1, -0.05) is 71.2 Å². The van der Waals surface area contributed by atoms with Crippen molar-refractivity contribution in [2.24, 2.45) is 0 Å². The van der Waals surface area contributed by atoms with E-state index in [1.165, 1.54) is 4.68 Å². The first kappa shape index (κ1) is 28.1. The number of rotatable bonds is 6. The van der Waals surface area contributed by atoms with Crippen LogP contribution < -0.4 is 4.74 Å². The van der Waals surface area contributed by atoms with Crippen molar-refractivity contribution in [3.63, 3.8) is 0 Å². The molecule has 4 nitrogen and oxygen atoms in total. The van der Waals surface area contributed by atoms with Crippen molar-refractivity contribution < 1.29 is 17.9 Å². The second-order valence-electron chi connectivity index (χ2n) is 9.40. The topological polar surface area (TPSA) is 39.9 Å². The number of para-hydroxylation sites is 1. The first-order valence-corrected chi connectivity index (χ1v) is 13.8. The van der Waals surface area contributed by atoms with E-state index in [1.807, 2.05) is 6.07 Å². The Morgan fingerprint density at radius 3 is 2.07 bits per heavy atom. The van der Waals surface area contributed by atoms with E-state index in [4.69, 9.17) is 44.5 Å². The van der Waals surface area contributed by atoms with Crippen molar-refractivity contribution in [2.45, 2.75) is 12.8 Å². The zero-order chi connectivity index (χ0) is 29.4. The van der Waals surface area contributed by atoms with Crippen molar-refractivity contribution in [1.82, 2.24) is 14.8 Å². The van der Waals surface area contributed by atoms with E-state index < -0.39 is 11.7 Å². The van der Waals surface area contributed by atoms with Gasteiger partial charge in [-0.05, 0) is 66.7 Å². The van der Waals surface area contributed by atoms with Crippen LogP contribution in [0, 0.1) is 0 Å². The Hall–Kier alpha value is -4.04. The molecule has 0 N–H and O–H groups in total. The number of pyridine rings is 1. The second-order valence-corrected chi connectivity index (χ2v) is 10.7. The van der Waals surface area contributed by atoms with E-state index in [0.717, 1.165) is 11.6 Å². The summed E-state index contributed by atoms with van der Waals surface area (Å²) in [5, 5.41) is 5.98. The van der Waals surface area contributed by atoms with Crippen molar-refractivity contribution >= 4 is 45.8 Å². The summed E-state index contributed by atoms with van der Waals surface area (Å²) < 4.78 is 51.2. The number of hydrogen-bond donors (Lipinski definition) is 0. The van der Waals surface area contributed by atoms with Crippen LogP contribution in [0.5, 0.6) is 5.75 Å². The molecule has 0 unspecified atom stereocenters. The van der Waals surface area contributed by atoms with Gasteiger partial charge in [0.2, 0.25) is 0 Å².